The van der Waals surface area contributed by atoms with Crippen LogP contribution in [0.25, 0.3) is 11.0 Å². The molecule has 0 saturated heterocycles. The van der Waals surface area contributed by atoms with Crippen LogP contribution in [0.3, 0.4) is 0 Å². The van der Waals surface area contributed by atoms with E-state index in [4.69, 9.17) is 5.73 Å². The van der Waals surface area contributed by atoms with Gasteiger partial charge in [0, 0.05) is 12.1 Å². The van der Waals surface area contributed by atoms with Crippen molar-refractivity contribution < 1.29 is 4.39 Å². The molecule has 0 bridgehead atoms. The van der Waals surface area contributed by atoms with Gasteiger partial charge in [0.25, 0.3) is 0 Å². The number of halogens is 1. The molecule has 3 nitrogen and oxygen atoms in total. The summed E-state index contributed by atoms with van der Waals surface area (Å²) in [6.45, 7) is 4.27. The monoisotopic (exact) mass is 261 g/mol. The molecule has 2 aromatic rings. The van der Waals surface area contributed by atoms with Crippen LogP contribution in [-0.4, -0.2) is 9.55 Å². The van der Waals surface area contributed by atoms with E-state index in [2.05, 4.69) is 23.4 Å². The zero-order chi connectivity index (χ0) is 13.6. The Morgan fingerprint density at radius 3 is 2.84 bits per heavy atom. The Kier molecular flexibility index (Phi) is 3.05. The lowest BCUT2D eigenvalue weighted by molar-refractivity contribution is 0.425. The molecule has 0 amide bonds. The molecule has 2 atom stereocenters. The summed E-state index contributed by atoms with van der Waals surface area (Å²) < 4.78 is 15.6. The third-order valence-electron chi connectivity index (χ3n) is 4.15. The fraction of sp³-hybridized carbons (Fsp3) is 0.533. The summed E-state index contributed by atoms with van der Waals surface area (Å²) in [7, 11) is 0. The maximum Gasteiger partial charge on any atom is 0.127 e. The summed E-state index contributed by atoms with van der Waals surface area (Å²) in [6.07, 6.45) is 3.36. The second kappa shape index (κ2) is 4.60. The van der Waals surface area contributed by atoms with Crippen LogP contribution in [0, 0.1) is 11.7 Å². The van der Waals surface area contributed by atoms with Crippen LogP contribution in [0.5, 0.6) is 0 Å². The second-order valence-corrected chi connectivity index (χ2v) is 5.62. The molecule has 19 heavy (non-hydrogen) atoms. The van der Waals surface area contributed by atoms with Crippen molar-refractivity contribution in [3.8, 4) is 0 Å². The molecule has 4 heteroatoms. The zero-order valence-electron chi connectivity index (χ0n) is 11.4. The molecule has 1 aromatic heterocycles. The van der Waals surface area contributed by atoms with Crippen molar-refractivity contribution in [2.45, 2.75) is 45.2 Å². The first-order chi connectivity index (χ1) is 9.11. The summed E-state index contributed by atoms with van der Waals surface area (Å²) in [6, 6.07) is 5.24. The molecule has 1 saturated carbocycles. The van der Waals surface area contributed by atoms with Crippen LogP contribution < -0.4 is 5.73 Å². The Hall–Kier alpha value is -1.42. The first kappa shape index (κ1) is 12.6. The SMILES string of the molecule is CCC(C)C(N)c1nc2cc(F)ccc2n1C1CC1. The molecule has 0 spiro atoms. The Morgan fingerprint density at radius 1 is 1.47 bits per heavy atom. The van der Waals surface area contributed by atoms with Gasteiger partial charge in [-0.25, -0.2) is 9.37 Å². The summed E-state index contributed by atoms with van der Waals surface area (Å²) in [4.78, 5) is 4.60. The Morgan fingerprint density at radius 2 is 2.21 bits per heavy atom. The lowest BCUT2D eigenvalue weighted by Crippen LogP contribution is -2.22. The fourth-order valence-corrected chi connectivity index (χ4v) is 2.55. The Bertz CT molecular complexity index is 601. The van der Waals surface area contributed by atoms with E-state index in [1.54, 1.807) is 0 Å². The minimum absolute atomic E-state index is 0.0824. The van der Waals surface area contributed by atoms with Gasteiger partial charge in [-0.15, -0.1) is 0 Å². The summed E-state index contributed by atoms with van der Waals surface area (Å²) in [5, 5.41) is 0. The highest BCUT2D eigenvalue weighted by molar-refractivity contribution is 5.76. The predicted molar refractivity (Wildman–Crippen MR) is 74.3 cm³/mol. The van der Waals surface area contributed by atoms with Gasteiger partial charge >= 0.3 is 0 Å². The van der Waals surface area contributed by atoms with Gasteiger partial charge in [-0.05, 0) is 30.9 Å². The molecule has 2 unspecified atom stereocenters. The molecule has 1 fully saturated rings. The van der Waals surface area contributed by atoms with Crippen LogP contribution in [0.15, 0.2) is 18.2 Å². The summed E-state index contributed by atoms with van der Waals surface area (Å²) >= 11 is 0. The predicted octanol–water partition coefficient (Wildman–Crippen LogP) is 3.56. The largest absolute Gasteiger partial charge is 0.324 e. The number of hydrogen-bond donors (Lipinski definition) is 1. The third kappa shape index (κ3) is 2.14. The van der Waals surface area contributed by atoms with E-state index in [1.165, 1.54) is 25.0 Å². The molecule has 1 aliphatic carbocycles. The second-order valence-electron chi connectivity index (χ2n) is 5.62. The average Bonchev–Trinajstić information content (AvgIpc) is 3.17. The van der Waals surface area contributed by atoms with Gasteiger partial charge in [0.05, 0.1) is 17.1 Å². The van der Waals surface area contributed by atoms with E-state index in [9.17, 15) is 4.39 Å². The Balaban J connectivity index is 2.14. The number of rotatable bonds is 4. The van der Waals surface area contributed by atoms with Gasteiger partial charge in [0.15, 0.2) is 0 Å². The van der Waals surface area contributed by atoms with E-state index in [0.29, 0.717) is 12.0 Å². The van der Waals surface area contributed by atoms with Crippen molar-refractivity contribution in [3.63, 3.8) is 0 Å². The highest BCUT2D eigenvalue weighted by atomic mass is 19.1. The number of fused-ring (bicyclic) bond motifs is 1. The smallest absolute Gasteiger partial charge is 0.127 e. The van der Waals surface area contributed by atoms with Crippen molar-refractivity contribution in [2.24, 2.45) is 11.7 Å². The number of benzene rings is 1. The highest BCUT2D eigenvalue weighted by Crippen LogP contribution is 2.40. The third-order valence-corrected chi connectivity index (χ3v) is 4.15. The molecular formula is C15H20FN3. The van der Waals surface area contributed by atoms with Crippen molar-refractivity contribution in [3.05, 3.63) is 29.8 Å². The standard InChI is InChI=1S/C15H20FN3/c1-3-9(2)14(17)15-18-12-8-10(16)4-7-13(12)19(15)11-5-6-11/h4,7-9,11,14H,3,5-6,17H2,1-2H3. The first-order valence-corrected chi connectivity index (χ1v) is 7.04. The fourth-order valence-electron chi connectivity index (χ4n) is 2.55. The van der Waals surface area contributed by atoms with Crippen LogP contribution >= 0.6 is 0 Å². The van der Waals surface area contributed by atoms with Gasteiger partial charge in [-0.2, -0.15) is 0 Å². The normalized spacial score (nSPS) is 18.7. The topological polar surface area (TPSA) is 43.8 Å². The summed E-state index contributed by atoms with van der Waals surface area (Å²) in [5.41, 5.74) is 8.07. The number of hydrogen-bond acceptors (Lipinski definition) is 2. The zero-order valence-corrected chi connectivity index (χ0v) is 11.4. The number of aromatic nitrogens is 2. The van der Waals surface area contributed by atoms with Gasteiger partial charge in [0.1, 0.15) is 11.6 Å². The van der Waals surface area contributed by atoms with Gasteiger partial charge in [0.2, 0.25) is 0 Å². The van der Waals surface area contributed by atoms with Crippen LogP contribution in [-0.2, 0) is 0 Å². The summed E-state index contributed by atoms with van der Waals surface area (Å²) in [5.74, 6) is 1.05. The first-order valence-electron chi connectivity index (χ1n) is 7.04. The molecule has 1 aromatic carbocycles. The lowest BCUT2D eigenvalue weighted by Gasteiger charge is -2.19. The molecule has 2 N–H and O–H groups in total. The Labute approximate surface area is 112 Å². The lowest BCUT2D eigenvalue weighted by atomic mass is 9.99. The minimum Gasteiger partial charge on any atom is -0.324 e. The quantitative estimate of drug-likeness (QED) is 0.914. The number of nitrogens with zero attached hydrogens (tertiary/aromatic N) is 2. The van der Waals surface area contributed by atoms with Gasteiger partial charge in [-0.1, -0.05) is 20.3 Å². The van der Waals surface area contributed by atoms with Crippen LogP contribution in [0.1, 0.15) is 51.0 Å². The van der Waals surface area contributed by atoms with Crippen molar-refractivity contribution in [1.82, 2.24) is 9.55 Å². The molecule has 102 valence electrons. The van der Waals surface area contributed by atoms with Crippen molar-refractivity contribution in [1.29, 1.82) is 0 Å². The van der Waals surface area contributed by atoms with Crippen LogP contribution in [0.2, 0.25) is 0 Å². The van der Waals surface area contributed by atoms with Crippen molar-refractivity contribution in [2.75, 3.05) is 0 Å². The molecule has 0 aliphatic heterocycles. The van der Waals surface area contributed by atoms with E-state index in [-0.39, 0.29) is 11.9 Å². The maximum absolute atomic E-state index is 13.3. The van der Waals surface area contributed by atoms with E-state index in [1.807, 2.05) is 6.07 Å². The van der Waals surface area contributed by atoms with Crippen LogP contribution in [0.4, 0.5) is 4.39 Å². The number of nitrogens with two attached hydrogens (primary N) is 1. The maximum atomic E-state index is 13.3. The molecule has 1 heterocycles. The minimum atomic E-state index is -0.239. The van der Waals surface area contributed by atoms with Gasteiger partial charge in [-0.3, -0.25) is 0 Å². The molecule has 1 aliphatic rings. The molecule has 0 radical (unpaired) electrons. The van der Waals surface area contributed by atoms with E-state index in [0.717, 1.165) is 23.3 Å². The molecular weight excluding hydrogens is 241 g/mol. The van der Waals surface area contributed by atoms with Gasteiger partial charge < -0.3 is 10.3 Å². The molecule has 3 rings (SSSR count). The van der Waals surface area contributed by atoms with E-state index < -0.39 is 0 Å². The highest BCUT2D eigenvalue weighted by Gasteiger charge is 2.31. The van der Waals surface area contributed by atoms with E-state index >= 15 is 0 Å². The van der Waals surface area contributed by atoms with Crippen molar-refractivity contribution >= 4 is 11.0 Å². The average molecular weight is 261 g/mol. The number of imidazole rings is 1.